The average molecular weight is 413 g/mol. The zero-order valence-electron chi connectivity index (χ0n) is 15.2. The van der Waals surface area contributed by atoms with Crippen LogP contribution in [0.5, 0.6) is 5.75 Å². The molecule has 4 rings (SSSR count). The molecule has 1 radical (unpaired) electrons. The number of hydrogen-bond donors (Lipinski definition) is 2. The van der Waals surface area contributed by atoms with Crippen LogP contribution >= 0.6 is 23.2 Å². The summed E-state index contributed by atoms with van der Waals surface area (Å²) in [5.41, 5.74) is 15.7. The van der Waals surface area contributed by atoms with Crippen molar-refractivity contribution in [2.24, 2.45) is 11.7 Å². The Morgan fingerprint density at radius 3 is 2.32 bits per heavy atom. The zero-order valence-corrected chi connectivity index (χ0v) is 16.7. The Morgan fingerprint density at radius 2 is 1.68 bits per heavy atom. The van der Waals surface area contributed by atoms with Crippen molar-refractivity contribution in [1.82, 2.24) is 4.98 Å². The van der Waals surface area contributed by atoms with Gasteiger partial charge in [-0.2, -0.15) is 0 Å². The highest BCUT2D eigenvalue weighted by molar-refractivity contribution is 6.35. The molecule has 4 nitrogen and oxygen atoms in total. The van der Waals surface area contributed by atoms with Gasteiger partial charge in [-0.3, -0.25) is 0 Å². The number of halogens is 2. The molecule has 0 spiro atoms. The SMILES string of the molecule is NC[C@H]1C[C]1c1ccc(-c2cnc(N)c(OCc3c(Cl)cccc3Cl)c2)cc1. The number of ether oxygens (including phenoxy) is 1. The molecule has 0 unspecified atom stereocenters. The van der Waals surface area contributed by atoms with Crippen molar-refractivity contribution in [2.45, 2.75) is 13.0 Å². The largest absolute Gasteiger partial charge is 0.485 e. The smallest absolute Gasteiger partial charge is 0.166 e. The van der Waals surface area contributed by atoms with E-state index in [9.17, 15) is 0 Å². The maximum absolute atomic E-state index is 6.21. The molecule has 2 aromatic carbocycles. The first-order chi connectivity index (χ1) is 13.6. The van der Waals surface area contributed by atoms with Gasteiger partial charge in [0.2, 0.25) is 0 Å². The van der Waals surface area contributed by atoms with Gasteiger partial charge in [-0.1, -0.05) is 53.5 Å². The van der Waals surface area contributed by atoms with Gasteiger partial charge in [0.05, 0.1) is 0 Å². The van der Waals surface area contributed by atoms with E-state index in [1.807, 2.05) is 6.07 Å². The topological polar surface area (TPSA) is 74.2 Å². The summed E-state index contributed by atoms with van der Waals surface area (Å²) in [7, 11) is 0. The molecule has 1 aromatic heterocycles. The van der Waals surface area contributed by atoms with Crippen LogP contribution in [0, 0.1) is 11.8 Å². The number of rotatable bonds is 6. The first-order valence-corrected chi connectivity index (χ1v) is 9.80. The fourth-order valence-electron chi connectivity index (χ4n) is 3.21. The molecule has 0 bridgehead atoms. The molecule has 1 atom stereocenters. The highest BCUT2D eigenvalue weighted by Crippen LogP contribution is 2.45. The number of pyridine rings is 1. The number of benzene rings is 2. The third-order valence-electron chi connectivity index (χ3n) is 4.99. The van der Waals surface area contributed by atoms with Gasteiger partial charge in [0, 0.05) is 33.3 Å². The van der Waals surface area contributed by atoms with Gasteiger partial charge >= 0.3 is 0 Å². The second-order valence-corrected chi connectivity index (χ2v) is 7.65. The van der Waals surface area contributed by atoms with Crippen LogP contribution in [0.15, 0.2) is 54.7 Å². The van der Waals surface area contributed by atoms with E-state index < -0.39 is 0 Å². The van der Waals surface area contributed by atoms with Crippen LogP contribution in [0.4, 0.5) is 5.82 Å². The fraction of sp³-hybridized carbons (Fsp3) is 0.182. The van der Waals surface area contributed by atoms with Crippen LogP contribution in [-0.4, -0.2) is 11.5 Å². The Bertz CT molecular complexity index is 971. The molecule has 1 heterocycles. The van der Waals surface area contributed by atoms with Crippen molar-refractivity contribution >= 4 is 29.0 Å². The molecule has 0 aliphatic heterocycles. The first kappa shape index (κ1) is 19.1. The third kappa shape index (κ3) is 3.95. The molecule has 28 heavy (non-hydrogen) atoms. The molecule has 0 saturated heterocycles. The summed E-state index contributed by atoms with van der Waals surface area (Å²) >= 11 is 12.4. The number of nitrogens with zero attached hydrogens (tertiary/aromatic N) is 1. The molecule has 0 amide bonds. The third-order valence-corrected chi connectivity index (χ3v) is 5.70. The zero-order chi connectivity index (χ0) is 19.7. The van der Waals surface area contributed by atoms with Crippen LogP contribution in [0.1, 0.15) is 17.5 Å². The monoisotopic (exact) mass is 412 g/mol. The second-order valence-electron chi connectivity index (χ2n) is 6.84. The van der Waals surface area contributed by atoms with Gasteiger partial charge < -0.3 is 16.2 Å². The molecule has 6 heteroatoms. The van der Waals surface area contributed by atoms with E-state index in [0.29, 0.717) is 27.5 Å². The molecule has 1 aliphatic rings. The highest BCUT2D eigenvalue weighted by atomic mass is 35.5. The van der Waals surface area contributed by atoms with Gasteiger partial charge in [0.15, 0.2) is 11.6 Å². The summed E-state index contributed by atoms with van der Waals surface area (Å²) in [4.78, 5) is 4.27. The maximum Gasteiger partial charge on any atom is 0.166 e. The van der Waals surface area contributed by atoms with E-state index in [-0.39, 0.29) is 6.61 Å². The predicted molar refractivity (Wildman–Crippen MR) is 114 cm³/mol. The van der Waals surface area contributed by atoms with Crippen molar-refractivity contribution in [3.05, 3.63) is 81.8 Å². The number of hydrogen-bond acceptors (Lipinski definition) is 4. The number of anilines is 1. The van der Waals surface area contributed by atoms with E-state index in [2.05, 4.69) is 29.2 Å². The maximum atomic E-state index is 6.21. The average Bonchev–Trinajstić information content (AvgIpc) is 3.49. The Balaban J connectivity index is 1.52. The van der Waals surface area contributed by atoms with E-state index >= 15 is 0 Å². The fourth-order valence-corrected chi connectivity index (χ4v) is 3.72. The quantitative estimate of drug-likeness (QED) is 0.589. The van der Waals surface area contributed by atoms with Crippen molar-refractivity contribution in [1.29, 1.82) is 0 Å². The van der Waals surface area contributed by atoms with Crippen LogP contribution in [0.2, 0.25) is 10.0 Å². The van der Waals surface area contributed by atoms with Gasteiger partial charge in [0.25, 0.3) is 0 Å². The summed E-state index contributed by atoms with van der Waals surface area (Å²) in [5, 5.41) is 1.11. The van der Waals surface area contributed by atoms with Gasteiger partial charge in [-0.15, -0.1) is 0 Å². The lowest BCUT2D eigenvalue weighted by atomic mass is 10.0. The first-order valence-electron chi connectivity index (χ1n) is 9.04. The van der Waals surface area contributed by atoms with Crippen LogP contribution in [0.25, 0.3) is 11.1 Å². The summed E-state index contributed by atoms with van der Waals surface area (Å²) in [6.45, 7) is 0.931. The molecule has 143 valence electrons. The standard InChI is InChI=1S/C22H20Cl2N3O/c23-19-2-1-3-20(24)18(19)12-28-21-9-16(11-27-22(21)26)13-4-6-14(7-5-13)17-8-15(17)10-25/h1-7,9,11,15H,8,10,12,25H2,(H2,26,27)/t15-/m1/s1. The van der Waals surface area contributed by atoms with E-state index in [0.717, 1.165) is 29.7 Å². The normalized spacial score (nSPS) is 16.2. The van der Waals surface area contributed by atoms with Crippen molar-refractivity contribution in [3.8, 4) is 16.9 Å². The molecule has 1 saturated carbocycles. The van der Waals surface area contributed by atoms with Gasteiger partial charge in [-0.25, -0.2) is 4.98 Å². The Labute approximate surface area is 174 Å². The van der Waals surface area contributed by atoms with Crippen LogP contribution in [0.3, 0.4) is 0 Å². The number of nitrogens with two attached hydrogens (primary N) is 2. The van der Waals surface area contributed by atoms with Gasteiger partial charge in [-0.05, 0) is 48.2 Å². The summed E-state index contributed by atoms with van der Waals surface area (Å²) in [6.07, 6.45) is 2.84. The van der Waals surface area contributed by atoms with E-state index in [1.54, 1.807) is 24.4 Å². The predicted octanol–water partition coefficient (Wildman–Crippen LogP) is 5.12. The van der Waals surface area contributed by atoms with Crippen molar-refractivity contribution in [2.75, 3.05) is 12.3 Å². The number of nitrogen functional groups attached to an aromatic ring is 1. The molecular weight excluding hydrogens is 393 g/mol. The molecular formula is C22H20Cl2N3O. The van der Waals surface area contributed by atoms with Crippen molar-refractivity contribution < 1.29 is 4.74 Å². The minimum Gasteiger partial charge on any atom is -0.485 e. The number of aromatic nitrogens is 1. The van der Waals surface area contributed by atoms with Crippen molar-refractivity contribution in [3.63, 3.8) is 0 Å². The second kappa shape index (κ2) is 8.00. The summed E-state index contributed by atoms with van der Waals surface area (Å²) < 4.78 is 5.87. The Hall–Kier alpha value is -2.27. The minimum atomic E-state index is 0.214. The lowest BCUT2D eigenvalue weighted by molar-refractivity contribution is 0.307. The lowest BCUT2D eigenvalue weighted by Gasteiger charge is -2.12. The molecule has 1 fully saturated rings. The minimum absolute atomic E-state index is 0.214. The van der Waals surface area contributed by atoms with Gasteiger partial charge in [0.1, 0.15) is 6.61 Å². The summed E-state index contributed by atoms with van der Waals surface area (Å²) in [6, 6.07) is 15.6. The lowest BCUT2D eigenvalue weighted by Crippen LogP contribution is -2.02. The van der Waals surface area contributed by atoms with Crippen LogP contribution in [-0.2, 0) is 6.61 Å². The molecule has 1 aliphatic carbocycles. The Morgan fingerprint density at radius 1 is 1.00 bits per heavy atom. The van der Waals surface area contributed by atoms with E-state index in [4.69, 9.17) is 39.4 Å². The highest BCUT2D eigenvalue weighted by Gasteiger charge is 2.37. The molecule has 4 N–H and O–H groups in total. The van der Waals surface area contributed by atoms with Crippen LogP contribution < -0.4 is 16.2 Å². The molecule has 3 aromatic rings. The van der Waals surface area contributed by atoms with E-state index in [1.165, 1.54) is 11.5 Å². The summed E-state index contributed by atoms with van der Waals surface area (Å²) in [5.74, 6) is 2.80. The Kier molecular flexibility index (Phi) is 5.44.